The van der Waals surface area contributed by atoms with Crippen molar-refractivity contribution < 1.29 is 15.0 Å². The van der Waals surface area contributed by atoms with Crippen LogP contribution >= 0.6 is 0 Å². The molecule has 4 aliphatic rings. The molecule has 30 heavy (non-hydrogen) atoms. The predicted octanol–water partition coefficient (Wildman–Crippen LogP) is 5.62. The Morgan fingerprint density at radius 2 is 1.73 bits per heavy atom. The fourth-order valence-corrected chi connectivity index (χ4v) is 9.09. The van der Waals surface area contributed by atoms with Gasteiger partial charge < -0.3 is 10.2 Å². The summed E-state index contributed by atoms with van der Waals surface area (Å²) in [5, 5.41) is 21.3. The third kappa shape index (κ3) is 3.51. The van der Waals surface area contributed by atoms with Gasteiger partial charge in [-0.3, -0.25) is 4.79 Å². The Bertz CT molecular complexity index is 644. The molecule has 4 saturated carbocycles. The maximum atomic E-state index is 13.3. The van der Waals surface area contributed by atoms with Gasteiger partial charge in [0.15, 0.2) is 0 Å². The summed E-state index contributed by atoms with van der Waals surface area (Å²) in [5.74, 6) is 4.05. The molecule has 10 atom stereocenters. The molecule has 0 spiro atoms. The Morgan fingerprint density at radius 1 is 1.00 bits per heavy atom. The van der Waals surface area contributed by atoms with Crippen LogP contribution in [0.2, 0.25) is 0 Å². The first-order valence-electron chi connectivity index (χ1n) is 13.0. The van der Waals surface area contributed by atoms with Crippen molar-refractivity contribution in [2.75, 3.05) is 0 Å². The van der Waals surface area contributed by atoms with E-state index in [4.69, 9.17) is 0 Å². The van der Waals surface area contributed by atoms with Crippen molar-refractivity contribution in [3.05, 3.63) is 0 Å². The van der Waals surface area contributed by atoms with Crippen LogP contribution in [-0.4, -0.2) is 28.2 Å². The Balaban J connectivity index is 1.53. The van der Waals surface area contributed by atoms with Crippen LogP contribution in [0.15, 0.2) is 0 Å². The third-order valence-corrected chi connectivity index (χ3v) is 10.7. The highest BCUT2D eigenvalue weighted by Gasteiger charge is 2.64. The van der Waals surface area contributed by atoms with Crippen molar-refractivity contribution >= 4 is 5.78 Å². The quantitative estimate of drug-likeness (QED) is 0.609. The predicted molar refractivity (Wildman–Crippen MR) is 121 cm³/mol. The Labute approximate surface area is 184 Å². The number of hydrogen-bond donors (Lipinski definition) is 2. The number of aliphatic hydroxyl groups excluding tert-OH is 2. The molecule has 0 unspecified atom stereocenters. The van der Waals surface area contributed by atoms with Crippen molar-refractivity contribution in [1.82, 2.24) is 0 Å². The summed E-state index contributed by atoms with van der Waals surface area (Å²) in [5.41, 5.74) is 0.0303. The van der Waals surface area contributed by atoms with Crippen molar-refractivity contribution in [3.63, 3.8) is 0 Å². The van der Waals surface area contributed by atoms with Gasteiger partial charge in [-0.15, -0.1) is 0 Å². The number of carbonyl (C=O) groups excluding carboxylic acids is 1. The summed E-state index contributed by atoms with van der Waals surface area (Å²) >= 11 is 0. The molecule has 3 nitrogen and oxygen atoms in total. The molecule has 0 aromatic carbocycles. The van der Waals surface area contributed by atoms with Gasteiger partial charge in [0.1, 0.15) is 5.78 Å². The summed E-state index contributed by atoms with van der Waals surface area (Å²) in [6, 6.07) is 0. The van der Waals surface area contributed by atoms with Crippen molar-refractivity contribution in [2.24, 2.45) is 52.3 Å². The molecule has 0 saturated heterocycles. The largest absolute Gasteiger partial charge is 0.393 e. The lowest BCUT2D eigenvalue weighted by Gasteiger charge is -2.61. The van der Waals surface area contributed by atoms with Gasteiger partial charge in [-0.25, -0.2) is 0 Å². The summed E-state index contributed by atoms with van der Waals surface area (Å²) in [6.07, 6.45) is 9.65. The second-order valence-electron chi connectivity index (χ2n) is 12.6. The lowest BCUT2D eigenvalue weighted by Crippen LogP contribution is -2.62. The van der Waals surface area contributed by atoms with E-state index in [0.29, 0.717) is 48.2 Å². The lowest BCUT2D eigenvalue weighted by molar-refractivity contribution is -0.187. The van der Waals surface area contributed by atoms with Gasteiger partial charge in [-0.2, -0.15) is 0 Å². The van der Waals surface area contributed by atoms with Crippen molar-refractivity contribution in [3.8, 4) is 0 Å². The number of carbonyl (C=O) groups is 1. The molecule has 0 bridgehead atoms. The first kappa shape index (κ1) is 22.8. The smallest absolute Gasteiger partial charge is 0.137 e. The summed E-state index contributed by atoms with van der Waals surface area (Å²) in [4.78, 5) is 13.3. The average molecular weight is 419 g/mol. The fraction of sp³-hybridized carbons (Fsp3) is 0.963. The molecule has 4 fully saturated rings. The number of hydrogen-bond acceptors (Lipinski definition) is 3. The maximum Gasteiger partial charge on any atom is 0.137 e. The first-order chi connectivity index (χ1) is 14.1. The SMILES string of the molecule is CC(C)CCC[C@@H](C)[C@H]1CC[C@H]2[C@@H]3CC(=O)[C@H]4C[C@@H](O)C[C@@H](O)[C@]4(C)[C@H]3CC[C@]12C. The highest BCUT2D eigenvalue weighted by Crippen LogP contribution is 2.67. The minimum atomic E-state index is -0.542. The van der Waals surface area contributed by atoms with E-state index >= 15 is 0 Å². The van der Waals surface area contributed by atoms with Crippen LogP contribution in [0.1, 0.15) is 98.8 Å². The van der Waals surface area contributed by atoms with Crippen molar-refractivity contribution in [2.45, 2.75) is 111 Å². The first-order valence-corrected chi connectivity index (χ1v) is 13.0. The number of aliphatic hydroxyl groups is 2. The average Bonchev–Trinajstić information content (AvgIpc) is 3.01. The van der Waals surface area contributed by atoms with E-state index in [9.17, 15) is 15.0 Å². The van der Waals surface area contributed by atoms with E-state index in [0.717, 1.165) is 24.2 Å². The number of fused-ring (bicyclic) bond motifs is 5. The number of ketones is 1. The summed E-state index contributed by atoms with van der Waals surface area (Å²) < 4.78 is 0. The molecule has 0 radical (unpaired) electrons. The number of Topliss-reactive ketones (excluding diaryl/α,β-unsaturated/α-hetero) is 1. The van der Waals surface area contributed by atoms with Crippen LogP contribution in [0.25, 0.3) is 0 Å². The topological polar surface area (TPSA) is 57.5 Å². The maximum absolute atomic E-state index is 13.3. The van der Waals surface area contributed by atoms with Crippen LogP contribution in [0.5, 0.6) is 0 Å². The van der Waals surface area contributed by atoms with Crippen LogP contribution in [0, 0.1) is 52.3 Å². The molecular weight excluding hydrogens is 372 g/mol. The van der Waals surface area contributed by atoms with Gasteiger partial charge >= 0.3 is 0 Å². The van der Waals surface area contributed by atoms with Gasteiger partial charge in [0.05, 0.1) is 12.2 Å². The molecule has 172 valence electrons. The fourth-order valence-electron chi connectivity index (χ4n) is 9.09. The molecule has 4 rings (SSSR count). The molecule has 0 aliphatic heterocycles. The zero-order valence-corrected chi connectivity index (χ0v) is 20.1. The van der Waals surface area contributed by atoms with E-state index in [-0.39, 0.29) is 11.3 Å². The molecular formula is C27H46O3. The summed E-state index contributed by atoms with van der Waals surface area (Å²) in [7, 11) is 0. The molecule has 0 aromatic rings. The Morgan fingerprint density at radius 3 is 2.43 bits per heavy atom. The molecule has 2 N–H and O–H groups in total. The second-order valence-corrected chi connectivity index (χ2v) is 12.6. The standard InChI is InChI=1S/C27H46O3/c1-16(2)7-6-8-17(3)20-9-10-21-19-15-24(29)23-13-18(28)14-25(30)27(23,5)22(19)11-12-26(20,21)4/h16-23,25,28,30H,6-15H2,1-5H3/t17-,18-,19+,20-,21+,22+,23-,25-,26-,27-/m1/s1. The molecule has 0 amide bonds. The third-order valence-electron chi connectivity index (χ3n) is 10.7. The van der Waals surface area contributed by atoms with Gasteiger partial charge in [0.2, 0.25) is 0 Å². The zero-order valence-electron chi connectivity index (χ0n) is 20.1. The van der Waals surface area contributed by atoms with Gasteiger partial charge in [-0.05, 0) is 79.4 Å². The monoisotopic (exact) mass is 418 g/mol. The van der Waals surface area contributed by atoms with Gasteiger partial charge in [0, 0.05) is 17.8 Å². The van der Waals surface area contributed by atoms with Crippen LogP contribution in [-0.2, 0) is 4.79 Å². The van der Waals surface area contributed by atoms with Gasteiger partial charge in [0.25, 0.3) is 0 Å². The second kappa shape index (κ2) is 8.18. The molecule has 4 aliphatic carbocycles. The zero-order chi connectivity index (χ0) is 21.8. The minimum Gasteiger partial charge on any atom is -0.393 e. The van der Waals surface area contributed by atoms with E-state index in [1.165, 1.54) is 38.5 Å². The van der Waals surface area contributed by atoms with Crippen LogP contribution < -0.4 is 0 Å². The van der Waals surface area contributed by atoms with Crippen LogP contribution in [0.4, 0.5) is 0 Å². The minimum absolute atomic E-state index is 0.144. The Hall–Kier alpha value is -0.410. The van der Waals surface area contributed by atoms with E-state index in [2.05, 4.69) is 34.6 Å². The molecule has 3 heteroatoms. The van der Waals surface area contributed by atoms with Crippen LogP contribution in [0.3, 0.4) is 0 Å². The van der Waals surface area contributed by atoms with E-state index in [1.807, 2.05) is 0 Å². The van der Waals surface area contributed by atoms with E-state index in [1.54, 1.807) is 0 Å². The molecule has 0 aromatic heterocycles. The number of rotatable bonds is 5. The Kier molecular flexibility index (Phi) is 6.21. The highest BCUT2D eigenvalue weighted by atomic mass is 16.3. The normalized spacial score (nSPS) is 49.5. The molecule has 0 heterocycles. The van der Waals surface area contributed by atoms with Gasteiger partial charge in [-0.1, -0.05) is 53.9 Å². The highest BCUT2D eigenvalue weighted by molar-refractivity contribution is 5.83. The van der Waals surface area contributed by atoms with Crippen molar-refractivity contribution in [1.29, 1.82) is 0 Å². The summed E-state index contributed by atoms with van der Waals surface area (Å²) in [6.45, 7) is 11.9. The van der Waals surface area contributed by atoms with E-state index < -0.39 is 12.2 Å². The lowest BCUT2D eigenvalue weighted by atomic mass is 9.43.